The SMILES string of the molecule is Cc1ccc(Br)c(NC2CCOC2)c1. The lowest BCUT2D eigenvalue weighted by molar-refractivity contribution is 0.195. The van der Waals surface area contributed by atoms with Gasteiger partial charge in [-0.15, -0.1) is 0 Å². The number of benzene rings is 1. The molecule has 1 saturated heterocycles. The van der Waals surface area contributed by atoms with Gasteiger partial charge in [-0.05, 0) is 47.0 Å². The van der Waals surface area contributed by atoms with Crippen molar-refractivity contribution in [3.8, 4) is 0 Å². The molecule has 1 aliphatic rings. The fourth-order valence-electron chi connectivity index (χ4n) is 1.62. The lowest BCUT2D eigenvalue weighted by Gasteiger charge is -2.14. The molecule has 1 heterocycles. The molecule has 2 nitrogen and oxygen atoms in total. The van der Waals surface area contributed by atoms with Crippen LogP contribution < -0.4 is 5.32 Å². The Morgan fingerprint density at radius 1 is 1.50 bits per heavy atom. The first-order valence-corrected chi connectivity index (χ1v) is 5.65. The van der Waals surface area contributed by atoms with Crippen LogP contribution in [0, 0.1) is 6.92 Å². The zero-order chi connectivity index (χ0) is 9.97. The number of anilines is 1. The average molecular weight is 256 g/mol. The first-order valence-electron chi connectivity index (χ1n) is 4.86. The molecule has 76 valence electrons. The van der Waals surface area contributed by atoms with Crippen molar-refractivity contribution in [1.82, 2.24) is 0 Å². The predicted octanol–water partition coefficient (Wildman–Crippen LogP) is 2.96. The fraction of sp³-hybridized carbons (Fsp3) is 0.455. The van der Waals surface area contributed by atoms with E-state index in [-0.39, 0.29) is 0 Å². The van der Waals surface area contributed by atoms with Gasteiger partial charge in [-0.3, -0.25) is 0 Å². The van der Waals surface area contributed by atoms with Gasteiger partial charge in [0.1, 0.15) is 0 Å². The lowest BCUT2D eigenvalue weighted by Crippen LogP contribution is -2.19. The van der Waals surface area contributed by atoms with Crippen molar-refractivity contribution in [1.29, 1.82) is 0 Å². The van der Waals surface area contributed by atoms with Crippen molar-refractivity contribution in [2.45, 2.75) is 19.4 Å². The molecule has 1 aromatic rings. The second kappa shape index (κ2) is 4.32. The third-order valence-electron chi connectivity index (χ3n) is 2.41. The maximum Gasteiger partial charge on any atom is 0.0668 e. The van der Waals surface area contributed by atoms with Gasteiger partial charge >= 0.3 is 0 Å². The molecule has 0 radical (unpaired) electrons. The minimum Gasteiger partial charge on any atom is -0.379 e. The van der Waals surface area contributed by atoms with Crippen LogP contribution in [0.4, 0.5) is 5.69 Å². The Bertz CT molecular complexity index is 321. The van der Waals surface area contributed by atoms with Gasteiger partial charge in [-0.1, -0.05) is 6.07 Å². The molecule has 1 unspecified atom stereocenters. The van der Waals surface area contributed by atoms with E-state index in [1.807, 2.05) is 0 Å². The first kappa shape index (κ1) is 9.99. The largest absolute Gasteiger partial charge is 0.379 e. The zero-order valence-electron chi connectivity index (χ0n) is 8.22. The Morgan fingerprint density at radius 2 is 2.36 bits per heavy atom. The zero-order valence-corrected chi connectivity index (χ0v) is 9.80. The molecule has 0 saturated carbocycles. The quantitative estimate of drug-likeness (QED) is 0.878. The molecule has 1 N–H and O–H groups in total. The second-order valence-electron chi connectivity index (χ2n) is 3.69. The summed E-state index contributed by atoms with van der Waals surface area (Å²) in [7, 11) is 0. The lowest BCUT2D eigenvalue weighted by atomic mass is 10.2. The molecule has 1 atom stereocenters. The van der Waals surface area contributed by atoms with E-state index < -0.39 is 0 Å². The number of ether oxygens (including phenoxy) is 1. The molecular weight excluding hydrogens is 242 g/mol. The standard InChI is InChI=1S/C11H14BrNO/c1-8-2-3-10(12)11(6-8)13-9-4-5-14-7-9/h2-3,6,9,13H,4-5,7H2,1H3. The van der Waals surface area contributed by atoms with E-state index in [9.17, 15) is 0 Å². The van der Waals surface area contributed by atoms with Gasteiger partial charge in [-0.25, -0.2) is 0 Å². The van der Waals surface area contributed by atoms with Crippen molar-refractivity contribution < 1.29 is 4.74 Å². The number of nitrogens with one attached hydrogen (secondary N) is 1. The molecule has 2 rings (SSSR count). The summed E-state index contributed by atoms with van der Waals surface area (Å²) in [6, 6.07) is 6.80. The van der Waals surface area contributed by atoms with Crippen molar-refractivity contribution in [2.75, 3.05) is 18.5 Å². The normalized spacial score (nSPS) is 21.1. The van der Waals surface area contributed by atoms with E-state index in [1.54, 1.807) is 0 Å². The summed E-state index contributed by atoms with van der Waals surface area (Å²) in [6.45, 7) is 3.80. The molecule has 1 aromatic carbocycles. The van der Waals surface area contributed by atoms with Crippen LogP contribution in [0.15, 0.2) is 22.7 Å². The highest BCUT2D eigenvalue weighted by Crippen LogP contribution is 2.25. The van der Waals surface area contributed by atoms with Crippen molar-refractivity contribution in [2.24, 2.45) is 0 Å². The van der Waals surface area contributed by atoms with Crippen LogP contribution in [-0.2, 0) is 4.74 Å². The van der Waals surface area contributed by atoms with Crippen LogP contribution in [0.3, 0.4) is 0 Å². The molecule has 14 heavy (non-hydrogen) atoms. The van der Waals surface area contributed by atoms with Crippen molar-refractivity contribution in [3.63, 3.8) is 0 Å². The highest BCUT2D eigenvalue weighted by atomic mass is 79.9. The molecule has 0 spiro atoms. The fourth-order valence-corrected chi connectivity index (χ4v) is 1.98. The Kier molecular flexibility index (Phi) is 3.08. The topological polar surface area (TPSA) is 21.3 Å². The average Bonchev–Trinajstić information content (AvgIpc) is 2.64. The maximum atomic E-state index is 5.32. The minimum atomic E-state index is 0.466. The Labute approximate surface area is 92.8 Å². The van der Waals surface area contributed by atoms with Gasteiger partial charge in [0.25, 0.3) is 0 Å². The molecule has 1 fully saturated rings. The maximum absolute atomic E-state index is 5.32. The van der Waals surface area contributed by atoms with Crippen LogP contribution in [-0.4, -0.2) is 19.3 Å². The van der Waals surface area contributed by atoms with Crippen LogP contribution in [0.25, 0.3) is 0 Å². The van der Waals surface area contributed by atoms with E-state index in [0.29, 0.717) is 6.04 Å². The molecule has 0 aromatic heterocycles. The summed E-state index contributed by atoms with van der Waals surface area (Å²) in [5.74, 6) is 0. The molecule has 0 amide bonds. The molecular formula is C11H14BrNO. The van der Waals surface area contributed by atoms with Gasteiger partial charge in [0.15, 0.2) is 0 Å². The Balaban J connectivity index is 2.10. The van der Waals surface area contributed by atoms with Gasteiger partial charge in [0.2, 0.25) is 0 Å². The Morgan fingerprint density at radius 3 is 3.07 bits per heavy atom. The number of aryl methyl sites for hydroxylation is 1. The number of hydrogen-bond acceptors (Lipinski definition) is 2. The monoisotopic (exact) mass is 255 g/mol. The summed E-state index contributed by atoms with van der Waals surface area (Å²) < 4.78 is 6.44. The summed E-state index contributed by atoms with van der Waals surface area (Å²) in [4.78, 5) is 0. The van der Waals surface area contributed by atoms with E-state index in [1.165, 1.54) is 11.3 Å². The summed E-state index contributed by atoms with van der Waals surface area (Å²) in [6.07, 6.45) is 1.10. The third kappa shape index (κ3) is 2.28. The van der Waals surface area contributed by atoms with Crippen LogP contribution in [0.1, 0.15) is 12.0 Å². The van der Waals surface area contributed by atoms with Crippen LogP contribution >= 0.6 is 15.9 Å². The van der Waals surface area contributed by atoms with E-state index in [4.69, 9.17) is 4.74 Å². The summed E-state index contributed by atoms with van der Waals surface area (Å²) in [5.41, 5.74) is 2.44. The van der Waals surface area contributed by atoms with Crippen molar-refractivity contribution >= 4 is 21.6 Å². The van der Waals surface area contributed by atoms with Gasteiger partial charge in [-0.2, -0.15) is 0 Å². The van der Waals surface area contributed by atoms with Gasteiger partial charge < -0.3 is 10.1 Å². The Hall–Kier alpha value is -0.540. The predicted molar refractivity (Wildman–Crippen MR) is 61.7 cm³/mol. The highest BCUT2D eigenvalue weighted by molar-refractivity contribution is 9.10. The van der Waals surface area contributed by atoms with E-state index in [2.05, 4.69) is 46.4 Å². The van der Waals surface area contributed by atoms with E-state index >= 15 is 0 Å². The van der Waals surface area contributed by atoms with Gasteiger partial charge in [0, 0.05) is 16.8 Å². The van der Waals surface area contributed by atoms with Crippen LogP contribution in [0.5, 0.6) is 0 Å². The number of rotatable bonds is 2. The van der Waals surface area contributed by atoms with E-state index in [0.717, 1.165) is 24.1 Å². The molecule has 0 bridgehead atoms. The third-order valence-corrected chi connectivity index (χ3v) is 3.10. The molecule has 3 heteroatoms. The number of halogens is 1. The van der Waals surface area contributed by atoms with Crippen LogP contribution in [0.2, 0.25) is 0 Å². The highest BCUT2D eigenvalue weighted by Gasteiger charge is 2.15. The molecule has 1 aliphatic heterocycles. The summed E-state index contributed by atoms with van der Waals surface area (Å²) >= 11 is 3.53. The number of hydrogen-bond donors (Lipinski definition) is 1. The summed E-state index contributed by atoms with van der Waals surface area (Å²) in [5, 5.41) is 3.48. The van der Waals surface area contributed by atoms with Gasteiger partial charge in [0.05, 0.1) is 12.6 Å². The minimum absolute atomic E-state index is 0.466. The first-order chi connectivity index (χ1) is 6.75. The second-order valence-corrected chi connectivity index (χ2v) is 4.54. The van der Waals surface area contributed by atoms with Crippen molar-refractivity contribution in [3.05, 3.63) is 28.2 Å². The smallest absolute Gasteiger partial charge is 0.0668 e. The molecule has 0 aliphatic carbocycles.